The van der Waals surface area contributed by atoms with Gasteiger partial charge in [-0.3, -0.25) is 14.9 Å². The van der Waals surface area contributed by atoms with E-state index in [1.54, 1.807) is 6.07 Å². The Hall–Kier alpha value is -3.48. The maximum Gasteiger partial charge on any atom is 0.293 e. The summed E-state index contributed by atoms with van der Waals surface area (Å²) in [4.78, 5) is 26.2. The topological polar surface area (TPSA) is 153 Å². The van der Waals surface area contributed by atoms with Crippen LogP contribution in [0.15, 0.2) is 47.4 Å². The van der Waals surface area contributed by atoms with Gasteiger partial charge in [-0.25, -0.2) is 13.1 Å². The Kier molecular flexibility index (Phi) is 5.82. The second-order valence-corrected chi connectivity index (χ2v) is 8.76. The minimum Gasteiger partial charge on any atom is -0.497 e. The molecule has 1 aliphatic heterocycles. The molecular formula is C20H20N4O7S. The first-order valence-corrected chi connectivity index (χ1v) is 11.1. The first-order valence-electron chi connectivity index (χ1n) is 9.63. The fraction of sp³-hybridized carbons (Fsp3) is 0.250. The summed E-state index contributed by atoms with van der Waals surface area (Å²) in [5, 5.41) is 15.1. The zero-order chi connectivity index (χ0) is 22.9. The zero-order valence-corrected chi connectivity index (χ0v) is 17.8. The summed E-state index contributed by atoms with van der Waals surface area (Å²) in [6.07, 6.45) is -0.359. The highest BCUT2D eigenvalue weighted by atomic mass is 32.2. The van der Waals surface area contributed by atoms with E-state index in [4.69, 9.17) is 9.47 Å². The van der Waals surface area contributed by atoms with Crippen LogP contribution in [-0.4, -0.2) is 51.0 Å². The standard InChI is InChI=1S/C20H20N4O7S/c1-30-12-2-4-13(5-3-12)32(28,29)23-20(25)16-10-15-14(18-11-21-8-9-31-18)6-7-17(24(26)27)19(15)22-16/h2-7,10,18,21-22H,8-9,11H2,1H3,(H,23,25). The molecular weight excluding hydrogens is 440 g/mol. The van der Waals surface area contributed by atoms with Gasteiger partial charge in [0.05, 0.1) is 29.6 Å². The molecule has 0 saturated carbocycles. The molecule has 3 aromatic rings. The largest absolute Gasteiger partial charge is 0.497 e. The Bertz CT molecular complexity index is 1280. The molecule has 2 aromatic carbocycles. The van der Waals surface area contributed by atoms with E-state index in [9.17, 15) is 23.3 Å². The van der Waals surface area contributed by atoms with Crippen LogP contribution in [0, 0.1) is 10.1 Å². The molecule has 1 aliphatic rings. The van der Waals surface area contributed by atoms with E-state index in [-0.39, 0.29) is 27.9 Å². The van der Waals surface area contributed by atoms with Gasteiger partial charge in [-0.2, -0.15) is 0 Å². The van der Waals surface area contributed by atoms with Gasteiger partial charge in [0.25, 0.3) is 21.6 Å². The summed E-state index contributed by atoms with van der Waals surface area (Å²) in [7, 11) is -2.72. The van der Waals surface area contributed by atoms with Gasteiger partial charge < -0.3 is 19.8 Å². The number of carbonyl (C=O) groups excluding carboxylic acids is 1. The van der Waals surface area contributed by atoms with E-state index in [1.165, 1.54) is 43.5 Å². The number of nitrogens with zero attached hydrogens (tertiary/aromatic N) is 1. The number of fused-ring (bicyclic) bond motifs is 1. The first kappa shape index (κ1) is 21.7. The van der Waals surface area contributed by atoms with E-state index in [1.807, 2.05) is 4.72 Å². The van der Waals surface area contributed by atoms with Crippen molar-refractivity contribution in [3.63, 3.8) is 0 Å². The van der Waals surface area contributed by atoms with Crippen molar-refractivity contribution in [2.75, 3.05) is 26.8 Å². The van der Waals surface area contributed by atoms with Gasteiger partial charge in [0.2, 0.25) is 0 Å². The number of morpholine rings is 1. The van der Waals surface area contributed by atoms with Crippen LogP contribution in [0.25, 0.3) is 10.9 Å². The molecule has 1 unspecified atom stereocenters. The Labute approximate surface area is 182 Å². The molecule has 168 valence electrons. The van der Waals surface area contributed by atoms with Gasteiger partial charge in [0.1, 0.15) is 17.0 Å². The molecule has 1 saturated heterocycles. The predicted molar refractivity (Wildman–Crippen MR) is 114 cm³/mol. The lowest BCUT2D eigenvalue weighted by atomic mass is 10.0. The quantitative estimate of drug-likeness (QED) is 0.372. The summed E-state index contributed by atoms with van der Waals surface area (Å²) in [6.45, 7) is 1.67. The van der Waals surface area contributed by atoms with Gasteiger partial charge >= 0.3 is 0 Å². The lowest BCUT2D eigenvalue weighted by Crippen LogP contribution is -2.33. The van der Waals surface area contributed by atoms with Crippen LogP contribution in [0.4, 0.5) is 5.69 Å². The van der Waals surface area contributed by atoms with E-state index in [2.05, 4.69) is 10.3 Å². The molecule has 1 fully saturated rings. The number of ether oxygens (including phenoxy) is 2. The van der Waals surface area contributed by atoms with E-state index < -0.39 is 20.9 Å². The monoisotopic (exact) mass is 460 g/mol. The molecule has 4 rings (SSSR count). The molecule has 0 bridgehead atoms. The van der Waals surface area contributed by atoms with Crippen molar-refractivity contribution >= 4 is 32.5 Å². The smallest absolute Gasteiger partial charge is 0.293 e. The van der Waals surface area contributed by atoms with Crippen molar-refractivity contribution in [2.45, 2.75) is 11.0 Å². The minimum atomic E-state index is -4.17. The van der Waals surface area contributed by atoms with Gasteiger partial charge in [0.15, 0.2) is 0 Å². The highest BCUT2D eigenvalue weighted by Crippen LogP contribution is 2.33. The third-order valence-corrected chi connectivity index (χ3v) is 6.47. The Morgan fingerprint density at radius 3 is 2.62 bits per heavy atom. The maximum absolute atomic E-state index is 12.7. The number of hydrogen-bond acceptors (Lipinski definition) is 8. The van der Waals surface area contributed by atoms with Crippen molar-refractivity contribution in [1.82, 2.24) is 15.0 Å². The predicted octanol–water partition coefficient (Wildman–Crippen LogP) is 1.86. The number of aromatic amines is 1. The van der Waals surface area contributed by atoms with Crippen LogP contribution in [-0.2, 0) is 14.8 Å². The normalized spacial score (nSPS) is 16.6. The Balaban J connectivity index is 1.69. The summed E-state index contributed by atoms with van der Waals surface area (Å²) >= 11 is 0. The molecule has 1 amide bonds. The average molecular weight is 460 g/mol. The Morgan fingerprint density at radius 1 is 1.25 bits per heavy atom. The highest BCUT2D eigenvalue weighted by molar-refractivity contribution is 7.90. The number of aromatic nitrogens is 1. The number of amides is 1. The number of rotatable bonds is 6. The molecule has 1 aromatic heterocycles. The van der Waals surface area contributed by atoms with Crippen LogP contribution in [0.5, 0.6) is 5.75 Å². The van der Waals surface area contributed by atoms with E-state index in [0.29, 0.717) is 36.4 Å². The van der Waals surface area contributed by atoms with E-state index in [0.717, 1.165) is 0 Å². The fourth-order valence-electron chi connectivity index (χ4n) is 3.54. The number of nitro benzene ring substituents is 1. The summed E-state index contributed by atoms with van der Waals surface area (Å²) in [5.41, 5.74) is 0.417. The zero-order valence-electron chi connectivity index (χ0n) is 17.0. The number of benzene rings is 2. The number of nitro groups is 1. The fourth-order valence-corrected chi connectivity index (χ4v) is 4.50. The molecule has 1 atom stereocenters. The number of sulfonamides is 1. The molecule has 12 heteroatoms. The maximum atomic E-state index is 12.7. The van der Waals surface area contributed by atoms with Crippen LogP contribution in [0.1, 0.15) is 22.2 Å². The number of methoxy groups -OCH3 is 1. The van der Waals surface area contributed by atoms with Gasteiger partial charge in [-0.05, 0) is 42.0 Å². The molecule has 0 aliphatic carbocycles. The second-order valence-electron chi connectivity index (χ2n) is 7.08. The lowest BCUT2D eigenvalue weighted by molar-refractivity contribution is -0.383. The SMILES string of the molecule is COc1ccc(S(=O)(=O)NC(=O)c2cc3c(C4CNCCO4)ccc([N+](=O)[O-])c3[nH]2)cc1. The minimum absolute atomic E-state index is 0.119. The molecule has 32 heavy (non-hydrogen) atoms. The third-order valence-electron chi connectivity index (χ3n) is 5.12. The van der Waals surface area contributed by atoms with Crippen LogP contribution < -0.4 is 14.8 Å². The Morgan fingerprint density at radius 2 is 2.00 bits per heavy atom. The van der Waals surface area contributed by atoms with Gasteiger partial charge in [-0.1, -0.05) is 0 Å². The third kappa shape index (κ3) is 4.15. The number of non-ortho nitro benzene ring substituents is 1. The number of nitrogens with one attached hydrogen (secondary N) is 3. The van der Waals surface area contributed by atoms with Crippen molar-refractivity contribution in [3.8, 4) is 5.75 Å². The van der Waals surface area contributed by atoms with Gasteiger partial charge in [-0.15, -0.1) is 0 Å². The number of hydrogen-bond donors (Lipinski definition) is 3. The van der Waals surface area contributed by atoms with Crippen molar-refractivity contribution in [2.24, 2.45) is 0 Å². The van der Waals surface area contributed by atoms with E-state index >= 15 is 0 Å². The summed E-state index contributed by atoms with van der Waals surface area (Å²) < 4.78 is 37.9. The molecule has 11 nitrogen and oxygen atoms in total. The number of H-pyrrole nitrogens is 1. The first-order chi connectivity index (χ1) is 15.3. The van der Waals surface area contributed by atoms with Crippen LogP contribution in [0.3, 0.4) is 0 Å². The van der Waals surface area contributed by atoms with Crippen molar-refractivity contribution in [1.29, 1.82) is 0 Å². The molecule has 0 spiro atoms. The lowest BCUT2D eigenvalue weighted by Gasteiger charge is -2.24. The van der Waals surface area contributed by atoms with Gasteiger partial charge in [0, 0.05) is 24.5 Å². The van der Waals surface area contributed by atoms with Crippen molar-refractivity contribution in [3.05, 3.63) is 63.8 Å². The number of carbonyl (C=O) groups is 1. The second kappa shape index (κ2) is 8.57. The molecule has 2 heterocycles. The summed E-state index contributed by atoms with van der Waals surface area (Å²) in [5.74, 6) is -0.481. The average Bonchev–Trinajstić information content (AvgIpc) is 3.24. The highest BCUT2D eigenvalue weighted by Gasteiger charge is 2.26. The van der Waals surface area contributed by atoms with Crippen LogP contribution in [0.2, 0.25) is 0 Å². The molecule has 0 radical (unpaired) electrons. The van der Waals surface area contributed by atoms with Crippen molar-refractivity contribution < 1.29 is 27.6 Å². The van der Waals surface area contributed by atoms with Crippen LogP contribution >= 0.6 is 0 Å². The summed E-state index contributed by atoms with van der Waals surface area (Å²) in [6, 6.07) is 9.83. The molecule has 3 N–H and O–H groups in total.